The van der Waals surface area contributed by atoms with Crippen LogP contribution in [0.25, 0.3) is 0 Å². The lowest BCUT2D eigenvalue weighted by Crippen LogP contribution is -2.36. The van der Waals surface area contributed by atoms with Gasteiger partial charge in [0, 0.05) is 25.8 Å². The summed E-state index contributed by atoms with van der Waals surface area (Å²) < 4.78 is 5.08. The Kier molecular flexibility index (Phi) is 6.30. The number of benzene rings is 2. The number of ether oxygens (including phenoxy) is 1. The van der Waals surface area contributed by atoms with Gasteiger partial charge in [-0.3, -0.25) is 4.79 Å². The van der Waals surface area contributed by atoms with Crippen molar-refractivity contribution in [1.29, 1.82) is 0 Å². The molecule has 0 bridgehead atoms. The van der Waals surface area contributed by atoms with Crippen LogP contribution in [-0.4, -0.2) is 32.1 Å². The first kappa shape index (κ1) is 18.8. The van der Waals surface area contributed by atoms with Crippen LogP contribution in [0.5, 0.6) is 0 Å². The molecule has 0 saturated carbocycles. The average Bonchev–Trinajstić information content (AvgIpc) is 2.70. The van der Waals surface area contributed by atoms with E-state index >= 15 is 0 Å². The summed E-state index contributed by atoms with van der Waals surface area (Å²) in [6, 6.07) is 15.7. The van der Waals surface area contributed by atoms with Crippen molar-refractivity contribution < 1.29 is 14.3 Å². The Hall–Kier alpha value is -3.02. The van der Waals surface area contributed by atoms with E-state index in [2.05, 4.69) is 34.7 Å². The highest BCUT2D eigenvalue weighted by atomic mass is 16.5. The molecule has 1 aliphatic heterocycles. The SMILES string of the molecule is CN1CCCc2cc(CNC(=O)CNC(=O)OCc3ccccc3)ccc21. The van der Waals surface area contributed by atoms with Crippen molar-refractivity contribution in [2.75, 3.05) is 25.0 Å². The van der Waals surface area contributed by atoms with Gasteiger partial charge in [0.15, 0.2) is 0 Å². The molecule has 2 N–H and O–H groups in total. The minimum absolute atomic E-state index is 0.110. The average molecular weight is 367 g/mol. The lowest BCUT2D eigenvalue weighted by atomic mass is 9.99. The number of anilines is 1. The van der Waals surface area contributed by atoms with Gasteiger partial charge in [-0.15, -0.1) is 0 Å². The van der Waals surface area contributed by atoms with Gasteiger partial charge in [0.1, 0.15) is 13.2 Å². The smallest absolute Gasteiger partial charge is 0.407 e. The third kappa shape index (κ3) is 5.48. The van der Waals surface area contributed by atoms with Crippen molar-refractivity contribution >= 4 is 17.7 Å². The maximum Gasteiger partial charge on any atom is 0.407 e. The number of alkyl carbamates (subject to hydrolysis) is 1. The molecule has 2 aromatic rings. The molecule has 6 heteroatoms. The fourth-order valence-corrected chi connectivity index (χ4v) is 3.14. The molecule has 6 nitrogen and oxygen atoms in total. The van der Waals surface area contributed by atoms with Gasteiger partial charge in [-0.25, -0.2) is 4.79 Å². The minimum Gasteiger partial charge on any atom is -0.445 e. The van der Waals surface area contributed by atoms with E-state index in [4.69, 9.17) is 4.74 Å². The Bertz CT molecular complexity index is 793. The molecule has 0 spiro atoms. The van der Waals surface area contributed by atoms with E-state index in [-0.39, 0.29) is 19.1 Å². The van der Waals surface area contributed by atoms with Crippen molar-refractivity contribution in [2.45, 2.75) is 26.0 Å². The Balaban J connectivity index is 1.39. The Morgan fingerprint density at radius 3 is 2.70 bits per heavy atom. The second-order valence-corrected chi connectivity index (χ2v) is 6.68. The highest BCUT2D eigenvalue weighted by molar-refractivity contribution is 5.82. The number of aryl methyl sites for hydroxylation is 1. The summed E-state index contributed by atoms with van der Waals surface area (Å²) in [4.78, 5) is 25.9. The first-order valence-electron chi connectivity index (χ1n) is 9.16. The molecule has 1 aliphatic rings. The zero-order chi connectivity index (χ0) is 19.1. The normalized spacial score (nSPS) is 12.9. The molecule has 142 valence electrons. The van der Waals surface area contributed by atoms with Gasteiger partial charge in [0.25, 0.3) is 0 Å². The van der Waals surface area contributed by atoms with Crippen molar-refractivity contribution in [3.8, 4) is 0 Å². The van der Waals surface area contributed by atoms with Crippen LogP contribution in [0.4, 0.5) is 10.5 Å². The van der Waals surface area contributed by atoms with Gasteiger partial charge in [-0.2, -0.15) is 0 Å². The molecule has 2 amide bonds. The largest absolute Gasteiger partial charge is 0.445 e. The quantitative estimate of drug-likeness (QED) is 0.823. The topological polar surface area (TPSA) is 70.7 Å². The predicted molar refractivity (Wildman–Crippen MR) is 105 cm³/mol. The summed E-state index contributed by atoms with van der Waals surface area (Å²) >= 11 is 0. The maximum atomic E-state index is 11.9. The highest BCUT2D eigenvalue weighted by Gasteiger charge is 2.14. The van der Waals surface area contributed by atoms with Gasteiger partial charge < -0.3 is 20.3 Å². The summed E-state index contributed by atoms with van der Waals surface area (Å²) in [7, 11) is 2.10. The summed E-state index contributed by atoms with van der Waals surface area (Å²) in [5.41, 5.74) is 4.54. The monoisotopic (exact) mass is 367 g/mol. The van der Waals surface area contributed by atoms with Gasteiger partial charge in [0.05, 0.1) is 0 Å². The van der Waals surface area contributed by atoms with Crippen molar-refractivity contribution in [1.82, 2.24) is 10.6 Å². The van der Waals surface area contributed by atoms with Crippen LogP contribution < -0.4 is 15.5 Å². The predicted octanol–water partition coefficient (Wildman–Crippen LogP) is 2.61. The molecule has 27 heavy (non-hydrogen) atoms. The summed E-state index contributed by atoms with van der Waals surface area (Å²) in [5, 5.41) is 5.29. The van der Waals surface area contributed by atoms with Crippen LogP contribution >= 0.6 is 0 Å². The zero-order valence-electron chi connectivity index (χ0n) is 15.5. The second-order valence-electron chi connectivity index (χ2n) is 6.68. The van der Waals surface area contributed by atoms with Crippen LogP contribution in [0.15, 0.2) is 48.5 Å². The summed E-state index contributed by atoms with van der Waals surface area (Å²) in [6.45, 7) is 1.59. The number of rotatable bonds is 6. The number of fused-ring (bicyclic) bond motifs is 1. The van der Waals surface area contributed by atoms with Crippen LogP contribution in [0, 0.1) is 0 Å². The number of hydrogen-bond acceptors (Lipinski definition) is 4. The van der Waals surface area contributed by atoms with Gasteiger partial charge in [0.2, 0.25) is 5.91 Å². The van der Waals surface area contributed by atoms with Crippen LogP contribution in [0.2, 0.25) is 0 Å². The lowest BCUT2D eigenvalue weighted by Gasteiger charge is -2.27. The van der Waals surface area contributed by atoms with E-state index in [0.717, 1.165) is 30.5 Å². The third-order valence-corrected chi connectivity index (χ3v) is 4.59. The molecule has 0 radical (unpaired) electrons. The lowest BCUT2D eigenvalue weighted by molar-refractivity contribution is -0.120. The number of nitrogens with one attached hydrogen (secondary N) is 2. The summed E-state index contributed by atoms with van der Waals surface area (Å²) in [6.07, 6.45) is 1.61. The van der Waals surface area contributed by atoms with Crippen LogP contribution in [-0.2, 0) is 29.1 Å². The molecular formula is C21H25N3O3. The summed E-state index contributed by atoms with van der Waals surface area (Å²) in [5.74, 6) is -0.249. The number of carbonyl (C=O) groups excluding carboxylic acids is 2. The molecule has 0 saturated heterocycles. The van der Waals surface area contributed by atoms with E-state index in [1.165, 1.54) is 11.3 Å². The highest BCUT2D eigenvalue weighted by Crippen LogP contribution is 2.26. The first-order valence-corrected chi connectivity index (χ1v) is 9.16. The molecule has 2 aromatic carbocycles. The van der Waals surface area contributed by atoms with E-state index in [0.29, 0.717) is 6.54 Å². The van der Waals surface area contributed by atoms with E-state index in [9.17, 15) is 9.59 Å². The van der Waals surface area contributed by atoms with Gasteiger partial charge in [-0.1, -0.05) is 42.5 Å². The maximum absolute atomic E-state index is 11.9. The van der Waals surface area contributed by atoms with Gasteiger partial charge in [-0.05, 0) is 35.6 Å². The van der Waals surface area contributed by atoms with E-state index < -0.39 is 6.09 Å². The fraction of sp³-hybridized carbons (Fsp3) is 0.333. The Morgan fingerprint density at radius 2 is 1.89 bits per heavy atom. The van der Waals surface area contributed by atoms with Crippen molar-refractivity contribution in [3.05, 3.63) is 65.2 Å². The number of nitrogens with zero attached hydrogens (tertiary/aromatic N) is 1. The third-order valence-electron chi connectivity index (χ3n) is 4.59. The standard InChI is InChI=1S/C21H25N3O3/c1-24-11-5-8-18-12-17(9-10-19(18)24)13-22-20(25)14-23-21(26)27-15-16-6-3-2-4-7-16/h2-4,6-7,9-10,12H,5,8,11,13-15H2,1H3,(H,22,25)(H,23,26). The van der Waals surface area contributed by atoms with Crippen molar-refractivity contribution in [2.24, 2.45) is 0 Å². The Labute approximate surface area is 159 Å². The molecule has 3 rings (SSSR count). The van der Waals surface area contributed by atoms with E-state index in [1.807, 2.05) is 36.4 Å². The fourth-order valence-electron chi connectivity index (χ4n) is 3.14. The molecule has 0 aliphatic carbocycles. The molecule has 0 fully saturated rings. The van der Waals surface area contributed by atoms with Gasteiger partial charge >= 0.3 is 6.09 Å². The molecule has 0 aromatic heterocycles. The number of hydrogen-bond donors (Lipinski definition) is 2. The van der Waals surface area contributed by atoms with Crippen LogP contribution in [0.3, 0.4) is 0 Å². The first-order chi connectivity index (χ1) is 13.1. The Morgan fingerprint density at radius 1 is 1.07 bits per heavy atom. The van der Waals surface area contributed by atoms with Crippen molar-refractivity contribution in [3.63, 3.8) is 0 Å². The zero-order valence-corrected chi connectivity index (χ0v) is 15.5. The van der Waals surface area contributed by atoms with Crippen LogP contribution in [0.1, 0.15) is 23.1 Å². The second kappa shape index (κ2) is 9.07. The minimum atomic E-state index is -0.606. The van der Waals surface area contributed by atoms with E-state index in [1.54, 1.807) is 0 Å². The molecular weight excluding hydrogens is 342 g/mol. The number of amides is 2. The molecule has 0 unspecified atom stereocenters. The molecule has 1 heterocycles. The molecule has 0 atom stereocenters. The number of carbonyl (C=O) groups is 2.